The van der Waals surface area contributed by atoms with Gasteiger partial charge in [-0.25, -0.2) is 0 Å². The van der Waals surface area contributed by atoms with Crippen molar-refractivity contribution in [1.29, 1.82) is 0 Å². The van der Waals surface area contributed by atoms with Gasteiger partial charge in [-0.1, -0.05) is 13.5 Å². The molecular formula is C10H18N2. The van der Waals surface area contributed by atoms with Crippen molar-refractivity contribution in [2.24, 2.45) is 4.99 Å². The predicted molar refractivity (Wildman–Crippen MR) is 55.6 cm³/mol. The molecule has 0 aromatic heterocycles. The molecule has 1 unspecified atom stereocenters. The molecule has 1 atom stereocenters. The van der Waals surface area contributed by atoms with Gasteiger partial charge in [0.05, 0.1) is 0 Å². The van der Waals surface area contributed by atoms with E-state index in [1.165, 1.54) is 0 Å². The first-order chi connectivity index (χ1) is 5.63. The molecule has 12 heavy (non-hydrogen) atoms. The van der Waals surface area contributed by atoms with Gasteiger partial charge in [0.2, 0.25) is 0 Å². The van der Waals surface area contributed by atoms with Crippen LogP contribution in [0.4, 0.5) is 0 Å². The lowest BCUT2D eigenvalue weighted by molar-refractivity contribution is 0.327. The number of hydrogen-bond acceptors (Lipinski definition) is 2. The summed E-state index contributed by atoms with van der Waals surface area (Å²) in [5.74, 6) is 0. The molecule has 0 aliphatic heterocycles. The highest BCUT2D eigenvalue weighted by atomic mass is 15.1. The molecule has 68 valence electrons. The summed E-state index contributed by atoms with van der Waals surface area (Å²) in [6, 6.07) is 0.406. The maximum absolute atomic E-state index is 3.97. The van der Waals surface area contributed by atoms with Crippen LogP contribution in [0.5, 0.6) is 0 Å². The molecule has 0 saturated carbocycles. The highest BCUT2D eigenvalue weighted by Gasteiger charge is 2.09. The van der Waals surface area contributed by atoms with E-state index in [1.807, 2.05) is 6.08 Å². The Bertz CT molecular complexity index is 180. The highest BCUT2D eigenvalue weighted by molar-refractivity contribution is 5.28. The highest BCUT2D eigenvalue weighted by Crippen LogP contribution is 2.10. The number of hydrogen-bond donors (Lipinski definition) is 0. The first-order valence-electron chi connectivity index (χ1n) is 4.11. The third kappa shape index (κ3) is 3.49. The van der Waals surface area contributed by atoms with Crippen molar-refractivity contribution in [1.82, 2.24) is 4.90 Å². The van der Waals surface area contributed by atoms with Crippen LogP contribution in [0.3, 0.4) is 0 Å². The van der Waals surface area contributed by atoms with Crippen LogP contribution in [0.15, 0.2) is 29.4 Å². The molecule has 0 amide bonds. The third-order valence-electron chi connectivity index (χ3n) is 1.83. The molecule has 0 aliphatic rings. The third-order valence-corrected chi connectivity index (χ3v) is 1.83. The molecule has 0 bridgehead atoms. The van der Waals surface area contributed by atoms with Gasteiger partial charge in [0.25, 0.3) is 0 Å². The molecule has 0 saturated heterocycles. The van der Waals surface area contributed by atoms with Crippen molar-refractivity contribution in [3.8, 4) is 0 Å². The molecular weight excluding hydrogens is 148 g/mol. The first-order valence-corrected chi connectivity index (χ1v) is 4.11. The van der Waals surface area contributed by atoms with Gasteiger partial charge in [-0.2, -0.15) is 0 Å². The van der Waals surface area contributed by atoms with Crippen LogP contribution in [0.2, 0.25) is 0 Å². The van der Waals surface area contributed by atoms with Crippen LogP contribution in [-0.2, 0) is 0 Å². The molecule has 0 fully saturated rings. The van der Waals surface area contributed by atoms with Crippen molar-refractivity contribution in [2.45, 2.75) is 19.4 Å². The fourth-order valence-corrected chi connectivity index (χ4v) is 1.22. The molecule has 0 aliphatic carbocycles. The minimum absolute atomic E-state index is 0.406. The average Bonchev–Trinajstić information content (AvgIpc) is 2.01. The summed E-state index contributed by atoms with van der Waals surface area (Å²) in [6.07, 6.45) is 4.64. The van der Waals surface area contributed by atoms with E-state index in [0.717, 1.165) is 12.0 Å². The van der Waals surface area contributed by atoms with E-state index < -0.39 is 0 Å². The van der Waals surface area contributed by atoms with Crippen LogP contribution in [0.1, 0.15) is 13.3 Å². The maximum Gasteiger partial charge on any atom is 0.0334 e. The van der Waals surface area contributed by atoms with Crippen molar-refractivity contribution in [3.63, 3.8) is 0 Å². The Morgan fingerprint density at radius 1 is 1.58 bits per heavy atom. The summed E-state index contributed by atoms with van der Waals surface area (Å²) in [4.78, 5) is 5.79. The van der Waals surface area contributed by atoms with Crippen LogP contribution in [0.25, 0.3) is 0 Å². The summed E-state index contributed by atoms with van der Waals surface area (Å²) in [5.41, 5.74) is 1.08. The standard InChI is InChI=1S/C10H18N2/c1-6-10(12(4)5)9(2)7-8-11-3/h7-8,10H,2-3,6H2,1,4-5H3. The molecule has 0 spiro atoms. The molecule has 0 aromatic rings. The Morgan fingerprint density at radius 3 is 2.50 bits per heavy atom. The van der Waals surface area contributed by atoms with Crippen LogP contribution in [-0.4, -0.2) is 31.8 Å². The van der Waals surface area contributed by atoms with E-state index in [1.54, 1.807) is 6.20 Å². The van der Waals surface area contributed by atoms with E-state index in [2.05, 4.69) is 44.2 Å². The van der Waals surface area contributed by atoms with Crippen LogP contribution >= 0.6 is 0 Å². The number of nitrogens with zero attached hydrogens (tertiary/aromatic N) is 2. The molecule has 0 radical (unpaired) electrons. The fourth-order valence-electron chi connectivity index (χ4n) is 1.22. The summed E-state index contributed by atoms with van der Waals surface area (Å²) >= 11 is 0. The van der Waals surface area contributed by atoms with Gasteiger partial charge in [0.15, 0.2) is 0 Å². The zero-order valence-corrected chi connectivity index (χ0v) is 8.25. The van der Waals surface area contributed by atoms with E-state index in [0.29, 0.717) is 6.04 Å². The fraction of sp³-hybridized carbons (Fsp3) is 0.500. The number of aliphatic imine (C=N–C) groups is 1. The van der Waals surface area contributed by atoms with Gasteiger partial charge in [-0.15, -0.1) is 0 Å². The Balaban J connectivity index is 4.21. The lowest BCUT2D eigenvalue weighted by atomic mass is 10.1. The van der Waals surface area contributed by atoms with Crippen molar-refractivity contribution in [3.05, 3.63) is 24.4 Å². The monoisotopic (exact) mass is 166 g/mol. The normalized spacial score (nSPS) is 13.7. The lowest BCUT2D eigenvalue weighted by Crippen LogP contribution is -2.28. The Kier molecular flexibility index (Phi) is 5.30. The van der Waals surface area contributed by atoms with E-state index in [4.69, 9.17) is 0 Å². The molecule has 0 heterocycles. The number of rotatable bonds is 5. The second-order valence-electron chi connectivity index (χ2n) is 2.96. The Morgan fingerprint density at radius 2 is 2.17 bits per heavy atom. The quantitative estimate of drug-likeness (QED) is 0.451. The molecule has 2 nitrogen and oxygen atoms in total. The van der Waals surface area contributed by atoms with Crippen molar-refractivity contribution in [2.75, 3.05) is 14.1 Å². The number of likely N-dealkylation sites (N-methyl/N-ethyl adjacent to an activating group) is 1. The molecule has 0 N–H and O–H groups in total. The topological polar surface area (TPSA) is 15.6 Å². The van der Waals surface area contributed by atoms with Gasteiger partial charge in [0, 0.05) is 12.2 Å². The average molecular weight is 166 g/mol. The van der Waals surface area contributed by atoms with E-state index in [9.17, 15) is 0 Å². The minimum Gasteiger partial charge on any atom is -0.302 e. The molecule has 0 rings (SSSR count). The van der Waals surface area contributed by atoms with E-state index >= 15 is 0 Å². The van der Waals surface area contributed by atoms with Crippen LogP contribution in [0, 0.1) is 0 Å². The van der Waals surface area contributed by atoms with E-state index in [-0.39, 0.29) is 0 Å². The zero-order valence-electron chi connectivity index (χ0n) is 8.25. The zero-order chi connectivity index (χ0) is 9.56. The summed E-state index contributed by atoms with van der Waals surface area (Å²) in [6.45, 7) is 9.48. The largest absolute Gasteiger partial charge is 0.302 e. The first kappa shape index (κ1) is 11.1. The molecule has 2 heteroatoms. The van der Waals surface area contributed by atoms with Gasteiger partial charge < -0.3 is 4.90 Å². The summed E-state index contributed by atoms with van der Waals surface area (Å²) in [5, 5.41) is 0. The van der Waals surface area contributed by atoms with Crippen molar-refractivity contribution < 1.29 is 0 Å². The Labute approximate surface area is 75.3 Å². The van der Waals surface area contributed by atoms with Crippen molar-refractivity contribution >= 4 is 6.72 Å². The summed E-state index contributed by atoms with van der Waals surface area (Å²) < 4.78 is 0. The second kappa shape index (κ2) is 5.72. The minimum atomic E-state index is 0.406. The summed E-state index contributed by atoms with van der Waals surface area (Å²) in [7, 11) is 4.10. The molecule has 0 aromatic carbocycles. The predicted octanol–water partition coefficient (Wildman–Crippen LogP) is 2.10. The SMILES string of the molecule is C=NC=CC(=C)C(CC)N(C)C. The van der Waals surface area contributed by atoms with Gasteiger partial charge in [-0.05, 0) is 38.9 Å². The van der Waals surface area contributed by atoms with Gasteiger partial charge in [0.1, 0.15) is 0 Å². The smallest absolute Gasteiger partial charge is 0.0334 e. The van der Waals surface area contributed by atoms with Crippen LogP contribution < -0.4 is 0 Å². The van der Waals surface area contributed by atoms with Gasteiger partial charge in [-0.3, -0.25) is 4.99 Å². The second-order valence-corrected chi connectivity index (χ2v) is 2.96. The maximum atomic E-state index is 3.97. The lowest BCUT2D eigenvalue weighted by Gasteiger charge is -2.23. The Hall–Kier alpha value is -0.890. The van der Waals surface area contributed by atoms with Gasteiger partial charge >= 0.3 is 0 Å².